The van der Waals surface area contributed by atoms with Gasteiger partial charge in [-0.2, -0.15) is 0 Å². The molecule has 0 fully saturated rings. The van der Waals surface area contributed by atoms with E-state index in [-0.39, 0.29) is 0 Å². The third-order valence-corrected chi connectivity index (χ3v) is 1.97. The van der Waals surface area contributed by atoms with E-state index in [2.05, 4.69) is 5.92 Å². The third-order valence-electron chi connectivity index (χ3n) is 1.08. The molecule has 3 N–H and O–H groups in total. The van der Waals surface area contributed by atoms with Gasteiger partial charge in [0.25, 0.3) is 0 Å². The maximum Gasteiger partial charge on any atom is 0.320 e. The fraction of sp³-hybridized carbons (Fsp3) is 0.571. The minimum atomic E-state index is -0.952. The average Bonchev–Trinajstić information content (AvgIpc) is 1.97. The third kappa shape index (κ3) is 5.77. The van der Waals surface area contributed by atoms with Crippen molar-refractivity contribution in [3.8, 4) is 12.3 Å². The molecule has 0 aliphatic heterocycles. The summed E-state index contributed by atoms with van der Waals surface area (Å²) >= 11 is 1.52. The highest BCUT2D eigenvalue weighted by Gasteiger charge is 2.09. The molecule has 0 aliphatic carbocycles. The van der Waals surface area contributed by atoms with Gasteiger partial charge in [0, 0.05) is 0 Å². The molecule has 0 unspecified atom stereocenters. The highest BCUT2D eigenvalue weighted by atomic mass is 32.2. The van der Waals surface area contributed by atoms with Crippen molar-refractivity contribution in [2.45, 2.75) is 12.5 Å². The van der Waals surface area contributed by atoms with Crippen molar-refractivity contribution in [2.75, 3.05) is 11.5 Å². The number of carboxylic acids is 1. The molecule has 0 bridgehead atoms. The molecule has 62 valence electrons. The van der Waals surface area contributed by atoms with Gasteiger partial charge in [-0.3, -0.25) is 4.79 Å². The van der Waals surface area contributed by atoms with Crippen LogP contribution in [0.4, 0.5) is 0 Å². The molecule has 0 aromatic heterocycles. The Kier molecular flexibility index (Phi) is 5.71. The summed E-state index contributed by atoms with van der Waals surface area (Å²) in [7, 11) is 0. The molecule has 0 saturated heterocycles. The van der Waals surface area contributed by atoms with E-state index in [0.29, 0.717) is 17.9 Å². The van der Waals surface area contributed by atoms with E-state index >= 15 is 0 Å². The van der Waals surface area contributed by atoms with Crippen LogP contribution in [-0.4, -0.2) is 28.6 Å². The molecule has 0 amide bonds. The molecule has 0 saturated carbocycles. The van der Waals surface area contributed by atoms with Gasteiger partial charge in [-0.15, -0.1) is 18.2 Å². The van der Waals surface area contributed by atoms with Crippen molar-refractivity contribution in [1.82, 2.24) is 0 Å². The first kappa shape index (κ1) is 10.3. The number of aliphatic carboxylic acids is 1. The van der Waals surface area contributed by atoms with Crippen LogP contribution in [0, 0.1) is 12.3 Å². The van der Waals surface area contributed by atoms with Crippen LogP contribution in [0.1, 0.15) is 6.42 Å². The van der Waals surface area contributed by atoms with Crippen LogP contribution in [-0.2, 0) is 4.79 Å². The number of carbonyl (C=O) groups is 1. The molecular weight excluding hydrogens is 162 g/mol. The fourth-order valence-electron chi connectivity index (χ4n) is 0.465. The Hall–Kier alpha value is -0.660. The lowest BCUT2D eigenvalue weighted by molar-refractivity contribution is -0.138. The van der Waals surface area contributed by atoms with Crippen LogP contribution < -0.4 is 5.73 Å². The lowest BCUT2D eigenvalue weighted by atomic mass is 10.2. The number of carboxylic acid groups (broad SMARTS) is 1. The van der Waals surface area contributed by atoms with Gasteiger partial charge in [0.1, 0.15) is 6.04 Å². The van der Waals surface area contributed by atoms with Crippen molar-refractivity contribution in [1.29, 1.82) is 0 Å². The first-order valence-corrected chi connectivity index (χ1v) is 4.33. The summed E-state index contributed by atoms with van der Waals surface area (Å²) in [4.78, 5) is 10.2. The predicted octanol–water partition coefficient (Wildman–Crippen LogP) is 0.155. The molecule has 0 rings (SSSR count). The Morgan fingerprint density at radius 2 is 2.45 bits per heavy atom. The largest absolute Gasteiger partial charge is 0.480 e. The minimum absolute atomic E-state index is 0.474. The van der Waals surface area contributed by atoms with Gasteiger partial charge in [0.15, 0.2) is 0 Å². The number of rotatable bonds is 5. The zero-order valence-corrected chi connectivity index (χ0v) is 6.93. The molecular formula is C7H11NO2S. The molecule has 0 aliphatic rings. The zero-order valence-electron chi connectivity index (χ0n) is 6.12. The van der Waals surface area contributed by atoms with Crippen molar-refractivity contribution in [3.05, 3.63) is 0 Å². The molecule has 4 heteroatoms. The first-order chi connectivity index (χ1) is 5.18. The summed E-state index contributed by atoms with van der Waals surface area (Å²) in [6, 6.07) is -0.750. The van der Waals surface area contributed by atoms with Crippen molar-refractivity contribution >= 4 is 17.7 Å². The monoisotopic (exact) mass is 173 g/mol. The van der Waals surface area contributed by atoms with Crippen molar-refractivity contribution in [2.24, 2.45) is 5.73 Å². The Morgan fingerprint density at radius 3 is 2.91 bits per heavy atom. The molecule has 0 aromatic carbocycles. The minimum Gasteiger partial charge on any atom is -0.480 e. The maximum atomic E-state index is 10.2. The number of terminal acetylenes is 1. The van der Waals surface area contributed by atoms with E-state index in [1.54, 1.807) is 0 Å². The molecule has 0 aromatic rings. The van der Waals surface area contributed by atoms with E-state index in [4.69, 9.17) is 17.3 Å². The van der Waals surface area contributed by atoms with Gasteiger partial charge in [-0.25, -0.2) is 0 Å². The first-order valence-electron chi connectivity index (χ1n) is 3.18. The van der Waals surface area contributed by atoms with Crippen LogP contribution in [0.5, 0.6) is 0 Å². The summed E-state index contributed by atoms with van der Waals surface area (Å²) < 4.78 is 0. The van der Waals surface area contributed by atoms with E-state index in [1.807, 2.05) is 0 Å². The Morgan fingerprint density at radius 1 is 1.82 bits per heavy atom. The molecule has 0 spiro atoms. The highest BCUT2D eigenvalue weighted by Crippen LogP contribution is 2.02. The SMILES string of the molecule is C#CCSCC[C@H](N)C(=O)O. The van der Waals surface area contributed by atoms with Gasteiger partial charge >= 0.3 is 5.97 Å². The van der Waals surface area contributed by atoms with Gasteiger partial charge in [-0.1, -0.05) is 5.92 Å². The number of thioether (sulfide) groups is 1. The van der Waals surface area contributed by atoms with E-state index in [0.717, 1.165) is 0 Å². The average molecular weight is 173 g/mol. The molecule has 3 nitrogen and oxygen atoms in total. The summed E-state index contributed by atoms with van der Waals surface area (Å²) in [5.74, 6) is 2.82. The van der Waals surface area contributed by atoms with Crippen LogP contribution in [0.3, 0.4) is 0 Å². The summed E-state index contributed by atoms with van der Waals surface area (Å²) in [6.45, 7) is 0. The Bertz CT molecular complexity index is 164. The summed E-state index contributed by atoms with van der Waals surface area (Å²) in [6.07, 6.45) is 5.46. The van der Waals surface area contributed by atoms with Crippen molar-refractivity contribution in [3.63, 3.8) is 0 Å². The smallest absolute Gasteiger partial charge is 0.320 e. The quantitative estimate of drug-likeness (QED) is 0.459. The molecule has 0 radical (unpaired) electrons. The highest BCUT2D eigenvalue weighted by molar-refractivity contribution is 7.99. The van der Waals surface area contributed by atoms with E-state index in [9.17, 15) is 4.79 Å². The predicted molar refractivity (Wildman–Crippen MR) is 46.4 cm³/mol. The fourth-order valence-corrected chi connectivity index (χ4v) is 1.15. The molecule has 0 heterocycles. The molecule has 1 atom stereocenters. The van der Waals surface area contributed by atoms with Gasteiger partial charge in [0.05, 0.1) is 5.75 Å². The standard InChI is InChI=1S/C7H11NO2S/c1-2-4-11-5-3-6(8)7(9)10/h1,6H,3-5,8H2,(H,9,10)/t6-/m0/s1. The zero-order chi connectivity index (χ0) is 8.69. The van der Waals surface area contributed by atoms with Gasteiger partial charge in [-0.05, 0) is 12.2 Å². The van der Waals surface area contributed by atoms with Gasteiger partial charge in [0.2, 0.25) is 0 Å². The maximum absolute atomic E-state index is 10.2. The molecule has 11 heavy (non-hydrogen) atoms. The van der Waals surface area contributed by atoms with E-state index in [1.165, 1.54) is 11.8 Å². The number of hydrogen-bond acceptors (Lipinski definition) is 3. The second kappa shape index (κ2) is 6.08. The number of hydrogen-bond donors (Lipinski definition) is 2. The van der Waals surface area contributed by atoms with E-state index < -0.39 is 12.0 Å². The van der Waals surface area contributed by atoms with Crippen LogP contribution in [0.2, 0.25) is 0 Å². The lowest BCUT2D eigenvalue weighted by Crippen LogP contribution is -2.30. The van der Waals surface area contributed by atoms with Crippen LogP contribution in [0.15, 0.2) is 0 Å². The summed E-state index contributed by atoms with van der Waals surface area (Å²) in [5, 5.41) is 8.36. The van der Waals surface area contributed by atoms with Crippen LogP contribution in [0.25, 0.3) is 0 Å². The number of nitrogens with two attached hydrogens (primary N) is 1. The normalized spacial score (nSPS) is 12.0. The van der Waals surface area contributed by atoms with Crippen LogP contribution >= 0.6 is 11.8 Å². The topological polar surface area (TPSA) is 63.3 Å². The Labute approximate surface area is 70.3 Å². The Balaban J connectivity index is 3.26. The second-order valence-electron chi connectivity index (χ2n) is 1.99. The van der Waals surface area contributed by atoms with Gasteiger partial charge < -0.3 is 10.8 Å². The lowest BCUT2D eigenvalue weighted by Gasteiger charge is -2.03. The van der Waals surface area contributed by atoms with Crippen molar-refractivity contribution < 1.29 is 9.90 Å². The summed E-state index contributed by atoms with van der Waals surface area (Å²) in [5.41, 5.74) is 5.23. The second-order valence-corrected chi connectivity index (χ2v) is 3.10.